The lowest BCUT2D eigenvalue weighted by atomic mass is 10.2. The number of nitrogens with one attached hydrogen (secondary N) is 4. The van der Waals surface area contributed by atoms with Gasteiger partial charge in [-0.3, -0.25) is 14.9 Å². The topological polar surface area (TPSA) is 234 Å². The number of ether oxygens (including phenoxy) is 3. The number of pyridine rings is 1. The first-order valence-electron chi connectivity index (χ1n) is 14.9. The summed E-state index contributed by atoms with van der Waals surface area (Å²) in [5.74, 6) is -1.19. The molecule has 0 spiro atoms. The number of methoxy groups -OCH3 is 3. The molecule has 0 aliphatic heterocycles. The van der Waals surface area contributed by atoms with E-state index in [0.717, 1.165) is 25.1 Å². The minimum Gasteiger partial charge on any atom is -0.496 e. The van der Waals surface area contributed by atoms with Gasteiger partial charge >= 0.3 is 12.2 Å². The smallest absolute Gasteiger partial charge is 0.419 e. The van der Waals surface area contributed by atoms with Crippen LogP contribution in [-0.4, -0.2) is 77.0 Å². The molecule has 1 fully saturated rings. The van der Waals surface area contributed by atoms with Gasteiger partial charge in [0.05, 0.1) is 43.4 Å². The summed E-state index contributed by atoms with van der Waals surface area (Å²) in [4.78, 5) is 46.7. The van der Waals surface area contributed by atoms with Gasteiger partial charge in [-0.15, -0.1) is 0 Å². The monoisotopic (exact) mass is 781 g/mol. The van der Waals surface area contributed by atoms with E-state index in [-0.39, 0.29) is 39.9 Å². The summed E-state index contributed by atoms with van der Waals surface area (Å²) in [7, 11) is -5.07. The number of anilines is 1. The van der Waals surface area contributed by atoms with Crippen molar-refractivity contribution in [2.24, 2.45) is 0 Å². The van der Waals surface area contributed by atoms with Crippen molar-refractivity contribution in [2.75, 3.05) is 26.6 Å². The van der Waals surface area contributed by atoms with Gasteiger partial charge in [0.15, 0.2) is 5.03 Å². The van der Waals surface area contributed by atoms with Crippen molar-refractivity contribution in [3.05, 3.63) is 89.6 Å². The average Bonchev–Trinajstić information content (AvgIpc) is 3.95. The zero-order chi connectivity index (χ0) is 39.0. The zero-order valence-electron chi connectivity index (χ0n) is 27.8. The minimum absolute atomic E-state index is 0.0101. The van der Waals surface area contributed by atoms with Gasteiger partial charge in [0.25, 0.3) is 31.9 Å². The van der Waals surface area contributed by atoms with E-state index in [2.05, 4.69) is 20.3 Å². The molecule has 0 atom stereocenters. The van der Waals surface area contributed by atoms with Crippen molar-refractivity contribution in [1.82, 2.24) is 29.7 Å². The van der Waals surface area contributed by atoms with Gasteiger partial charge in [-0.05, 0) is 61.4 Å². The van der Waals surface area contributed by atoms with Gasteiger partial charge in [0, 0.05) is 17.8 Å². The van der Waals surface area contributed by atoms with E-state index in [1.165, 1.54) is 62.4 Å². The molecule has 2 aromatic heterocycles. The molecule has 4 amide bonds. The maximum Gasteiger partial charge on any atom is 0.419 e. The summed E-state index contributed by atoms with van der Waals surface area (Å²) in [6.07, 6.45) is -2.21. The van der Waals surface area contributed by atoms with Crippen LogP contribution in [0.25, 0.3) is 0 Å². The molecule has 1 aliphatic carbocycles. The number of sulfonamides is 2. The SMILES string of the molecule is COc1cc(OC)nc(NC(=O)NS(=O)(=O)c2ncccc2C(F)(F)F)n1.COc1ccccc1C(=O)NS(=O)(=O)c1ccc(C(=O)NC2CC2)cc1. The molecule has 53 heavy (non-hydrogen) atoms. The largest absolute Gasteiger partial charge is 0.496 e. The number of carbonyl (C=O) groups is 3. The van der Waals surface area contributed by atoms with Gasteiger partial charge in [0.1, 0.15) is 5.75 Å². The number of carbonyl (C=O) groups excluding carboxylic acids is 3. The standard InChI is InChI=1S/C18H18N2O5S.C13H12F3N5O5S/c1-25-16-5-3-2-4-15(16)18(22)20-26(23,24)14-10-6-12(7-11-14)17(21)19-13-8-9-13;1-25-8-6-9(26-2)19-11(18-8)20-12(22)21-27(23,24)10-7(13(14,15)16)4-3-5-17-10/h2-7,10-11,13H,8-9H2,1H3,(H,19,21)(H,20,22);3-6H,1-2H3,(H2,18,19,20,21,22). The molecule has 4 N–H and O–H groups in total. The summed E-state index contributed by atoms with van der Waals surface area (Å²) >= 11 is 0. The Labute approximate surface area is 300 Å². The minimum atomic E-state index is -4.99. The molecule has 0 unspecified atom stereocenters. The first-order valence-corrected chi connectivity index (χ1v) is 17.9. The number of alkyl halides is 3. The van der Waals surface area contributed by atoms with E-state index >= 15 is 0 Å². The highest BCUT2D eigenvalue weighted by Gasteiger charge is 2.38. The predicted molar refractivity (Wildman–Crippen MR) is 178 cm³/mol. The molecule has 0 bridgehead atoms. The Morgan fingerprint density at radius 3 is 1.96 bits per heavy atom. The van der Waals surface area contributed by atoms with E-state index < -0.39 is 54.7 Å². The molecule has 4 aromatic rings. The van der Waals surface area contributed by atoms with Crippen LogP contribution >= 0.6 is 0 Å². The van der Waals surface area contributed by atoms with E-state index in [9.17, 15) is 44.4 Å². The van der Waals surface area contributed by atoms with Gasteiger partial charge in [-0.25, -0.2) is 27.6 Å². The Bertz CT molecular complexity index is 2180. The summed E-state index contributed by atoms with van der Waals surface area (Å²) in [6, 6.07) is 13.3. The second-order valence-corrected chi connectivity index (χ2v) is 13.9. The number of nitrogens with zero attached hydrogens (tertiary/aromatic N) is 3. The van der Waals surface area contributed by atoms with Crippen LogP contribution in [-0.2, 0) is 26.2 Å². The molecule has 1 saturated carbocycles. The number of amides is 4. The Hall–Kier alpha value is -6.03. The highest BCUT2D eigenvalue weighted by Crippen LogP contribution is 2.33. The van der Waals surface area contributed by atoms with Gasteiger partial charge in [-0.1, -0.05) is 12.1 Å². The second kappa shape index (κ2) is 16.5. The lowest BCUT2D eigenvalue weighted by Crippen LogP contribution is -2.36. The Balaban J connectivity index is 0.000000237. The van der Waals surface area contributed by atoms with Crippen LogP contribution in [0.15, 0.2) is 82.8 Å². The number of hydrogen-bond acceptors (Lipinski definition) is 13. The van der Waals surface area contributed by atoms with E-state index in [1.54, 1.807) is 18.2 Å². The van der Waals surface area contributed by atoms with Crippen LogP contribution in [0.1, 0.15) is 39.1 Å². The summed E-state index contributed by atoms with van der Waals surface area (Å²) in [6.45, 7) is 0. The van der Waals surface area contributed by atoms with E-state index in [4.69, 9.17) is 14.2 Å². The van der Waals surface area contributed by atoms with Crippen molar-refractivity contribution < 1.29 is 58.6 Å². The molecule has 5 rings (SSSR count). The Morgan fingerprint density at radius 1 is 0.774 bits per heavy atom. The van der Waals surface area contributed by atoms with Crippen LogP contribution in [0, 0.1) is 0 Å². The van der Waals surface area contributed by atoms with E-state index in [0.29, 0.717) is 11.6 Å². The first kappa shape index (κ1) is 39.8. The fourth-order valence-corrected chi connectivity index (χ4v) is 6.17. The fourth-order valence-electron chi connectivity index (χ4n) is 4.14. The van der Waals surface area contributed by atoms with Gasteiger partial charge in [-0.2, -0.15) is 31.6 Å². The van der Waals surface area contributed by atoms with Gasteiger partial charge in [0.2, 0.25) is 17.7 Å². The Morgan fingerprint density at radius 2 is 1.40 bits per heavy atom. The number of aromatic nitrogens is 3. The lowest BCUT2D eigenvalue weighted by molar-refractivity contribution is -0.140. The molecule has 17 nitrogen and oxygen atoms in total. The highest BCUT2D eigenvalue weighted by molar-refractivity contribution is 7.90. The molecule has 22 heteroatoms. The fraction of sp³-hybridized carbons (Fsp3) is 0.226. The number of halogens is 3. The van der Waals surface area contributed by atoms with Crippen molar-refractivity contribution in [3.8, 4) is 17.5 Å². The normalized spacial score (nSPS) is 12.6. The number of rotatable bonds is 11. The van der Waals surface area contributed by atoms with Crippen molar-refractivity contribution >= 4 is 43.8 Å². The molecule has 1 aliphatic rings. The van der Waals surface area contributed by atoms with E-state index in [1.807, 2.05) is 10.0 Å². The predicted octanol–water partition coefficient (Wildman–Crippen LogP) is 3.12. The molecular formula is C31H30F3N7O10S2. The second-order valence-electron chi connectivity index (χ2n) is 10.6. The zero-order valence-corrected chi connectivity index (χ0v) is 29.4. The summed E-state index contributed by atoms with van der Waals surface area (Å²) < 4.78 is 106. The third-order valence-corrected chi connectivity index (χ3v) is 9.43. The molecular weight excluding hydrogens is 752 g/mol. The van der Waals surface area contributed by atoms with Crippen LogP contribution < -0.4 is 34.3 Å². The maximum absolute atomic E-state index is 12.9. The maximum atomic E-state index is 12.9. The Kier molecular flexibility index (Phi) is 12.4. The van der Waals surface area contributed by atoms with Crippen molar-refractivity contribution in [1.29, 1.82) is 0 Å². The quantitative estimate of drug-likeness (QED) is 0.172. The van der Waals surface area contributed by atoms with Crippen molar-refractivity contribution in [2.45, 2.75) is 35.0 Å². The van der Waals surface area contributed by atoms with Crippen LogP contribution in [0.5, 0.6) is 17.5 Å². The summed E-state index contributed by atoms with van der Waals surface area (Å²) in [5.41, 5.74) is -1.05. The summed E-state index contributed by atoms with van der Waals surface area (Å²) in [5, 5.41) is 3.43. The van der Waals surface area contributed by atoms with Crippen molar-refractivity contribution in [3.63, 3.8) is 0 Å². The number of urea groups is 1. The first-order chi connectivity index (χ1) is 25.0. The van der Waals surface area contributed by atoms with Crippen LogP contribution in [0.4, 0.5) is 23.9 Å². The molecule has 2 aromatic carbocycles. The molecule has 282 valence electrons. The highest BCUT2D eigenvalue weighted by atomic mass is 32.2. The number of hydrogen-bond donors (Lipinski definition) is 4. The third-order valence-electron chi connectivity index (χ3n) is 6.80. The molecule has 0 saturated heterocycles. The average molecular weight is 782 g/mol. The van der Waals surface area contributed by atoms with Crippen LogP contribution in [0.2, 0.25) is 0 Å². The number of benzene rings is 2. The number of para-hydroxylation sites is 1. The molecule has 0 radical (unpaired) electrons. The lowest BCUT2D eigenvalue weighted by Gasteiger charge is -2.13. The third kappa shape index (κ3) is 10.7. The van der Waals surface area contributed by atoms with Crippen LogP contribution in [0.3, 0.4) is 0 Å². The van der Waals surface area contributed by atoms with Gasteiger partial charge < -0.3 is 19.5 Å². The molecule has 2 heterocycles.